The van der Waals surface area contributed by atoms with E-state index < -0.39 is 36.1 Å². The number of ether oxygens (including phenoxy) is 4. The van der Waals surface area contributed by atoms with Crippen LogP contribution in [0, 0.1) is 0 Å². The van der Waals surface area contributed by atoms with Crippen LogP contribution in [0.4, 0.5) is 17.6 Å². The third-order valence-electron chi connectivity index (χ3n) is 4.24. The monoisotopic (exact) mass is 485 g/mol. The summed E-state index contributed by atoms with van der Waals surface area (Å²) in [6, 6.07) is 12.8. The largest absolute Gasteiger partial charge is 0.465 e. The molecule has 0 aliphatic carbocycles. The molecular weight excluding hydrogens is 470 g/mol. The van der Waals surface area contributed by atoms with E-state index in [-0.39, 0.29) is 5.88 Å². The van der Waals surface area contributed by atoms with Gasteiger partial charge in [-0.1, -0.05) is 12.1 Å². The Kier molecular flexibility index (Phi) is 7.94. The van der Waals surface area contributed by atoms with E-state index in [1.807, 2.05) is 0 Å². The molecule has 0 bridgehead atoms. The molecule has 11 heteroatoms. The van der Waals surface area contributed by atoms with E-state index in [1.165, 1.54) is 37.6 Å². The summed E-state index contributed by atoms with van der Waals surface area (Å²) in [6.45, 7) is -6.45. The zero-order valence-corrected chi connectivity index (χ0v) is 17.6. The normalized spacial score (nSPS) is 11.9. The second-order valence-electron chi connectivity index (χ2n) is 6.37. The number of esters is 1. The fourth-order valence-electron chi connectivity index (χ4n) is 2.76. The molecule has 1 atom stereocenters. The molecule has 33 heavy (non-hydrogen) atoms. The van der Waals surface area contributed by atoms with Crippen molar-refractivity contribution in [2.45, 2.75) is 18.6 Å². The van der Waals surface area contributed by atoms with Crippen LogP contribution in [0.25, 0.3) is 0 Å². The molecule has 2 aromatic carbocycles. The summed E-state index contributed by atoms with van der Waals surface area (Å²) in [5.41, 5.74) is 1.14. The van der Waals surface area contributed by atoms with Gasteiger partial charge in [-0.3, -0.25) is 0 Å². The fraction of sp³-hybridized carbons (Fsp3) is 0.182. The third kappa shape index (κ3) is 6.48. The van der Waals surface area contributed by atoms with Crippen LogP contribution in [0.3, 0.4) is 0 Å². The summed E-state index contributed by atoms with van der Waals surface area (Å²) >= 11 is 6.41. The molecule has 0 saturated heterocycles. The SMILES string of the molecule is COC(=O)c1ccc(Oc2ccc(C(Cl)c3ccc(OC(F)F)c(OC(F)F)c3)cn2)cc1. The average Bonchev–Trinajstić information content (AvgIpc) is 2.79. The summed E-state index contributed by atoms with van der Waals surface area (Å²) < 4.78 is 69.0. The van der Waals surface area contributed by atoms with Crippen molar-refractivity contribution in [3.63, 3.8) is 0 Å². The van der Waals surface area contributed by atoms with Crippen LogP contribution >= 0.6 is 11.6 Å². The minimum atomic E-state index is -3.24. The number of hydrogen-bond acceptors (Lipinski definition) is 6. The van der Waals surface area contributed by atoms with Crippen LogP contribution in [0.5, 0.6) is 23.1 Å². The molecule has 1 unspecified atom stereocenters. The predicted molar refractivity (Wildman–Crippen MR) is 109 cm³/mol. The van der Waals surface area contributed by atoms with Gasteiger partial charge in [-0.15, -0.1) is 11.6 Å². The highest BCUT2D eigenvalue weighted by molar-refractivity contribution is 6.22. The van der Waals surface area contributed by atoms with Gasteiger partial charge >= 0.3 is 19.2 Å². The number of aromatic nitrogens is 1. The van der Waals surface area contributed by atoms with Gasteiger partial charge in [0.2, 0.25) is 5.88 Å². The smallest absolute Gasteiger partial charge is 0.387 e. The molecule has 0 spiro atoms. The Balaban J connectivity index is 1.74. The minimum Gasteiger partial charge on any atom is -0.465 e. The second kappa shape index (κ2) is 10.9. The Hall–Kier alpha value is -3.53. The number of alkyl halides is 5. The second-order valence-corrected chi connectivity index (χ2v) is 6.81. The lowest BCUT2D eigenvalue weighted by molar-refractivity contribution is -0.0692. The van der Waals surface area contributed by atoms with Crippen molar-refractivity contribution in [2.75, 3.05) is 7.11 Å². The molecule has 3 aromatic rings. The number of carbonyl (C=O) groups excluding carboxylic acids is 1. The van der Waals surface area contributed by atoms with Gasteiger partial charge < -0.3 is 18.9 Å². The number of nitrogens with zero attached hydrogens (tertiary/aromatic N) is 1. The highest BCUT2D eigenvalue weighted by atomic mass is 35.5. The third-order valence-corrected chi connectivity index (χ3v) is 4.75. The maximum Gasteiger partial charge on any atom is 0.387 e. The molecule has 1 heterocycles. The van der Waals surface area contributed by atoms with Crippen LogP contribution in [0.2, 0.25) is 0 Å². The van der Waals surface area contributed by atoms with E-state index in [0.29, 0.717) is 22.4 Å². The van der Waals surface area contributed by atoms with Crippen LogP contribution in [-0.2, 0) is 4.74 Å². The van der Waals surface area contributed by atoms with E-state index in [1.54, 1.807) is 18.2 Å². The first-order chi connectivity index (χ1) is 15.8. The van der Waals surface area contributed by atoms with Gasteiger partial charge in [-0.25, -0.2) is 9.78 Å². The van der Waals surface area contributed by atoms with E-state index in [2.05, 4.69) is 19.2 Å². The molecule has 1 aromatic heterocycles. The maximum absolute atomic E-state index is 12.7. The van der Waals surface area contributed by atoms with E-state index in [0.717, 1.165) is 12.1 Å². The van der Waals surface area contributed by atoms with Crippen molar-refractivity contribution in [3.05, 3.63) is 77.5 Å². The molecule has 6 nitrogen and oxygen atoms in total. The predicted octanol–water partition coefficient (Wildman–Crippen LogP) is 6.19. The van der Waals surface area contributed by atoms with Gasteiger partial charge in [0.25, 0.3) is 0 Å². The zero-order valence-electron chi connectivity index (χ0n) is 16.9. The van der Waals surface area contributed by atoms with Gasteiger partial charge in [0.1, 0.15) is 5.75 Å². The molecule has 0 aliphatic heterocycles. The quantitative estimate of drug-likeness (QED) is 0.204. The number of methoxy groups -OCH3 is 1. The molecule has 0 fully saturated rings. The average molecular weight is 486 g/mol. The Bertz CT molecular complexity index is 1080. The van der Waals surface area contributed by atoms with Crippen LogP contribution in [0.15, 0.2) is 60.8 Å². The maximum atomic E-state index is 12.7. The molecule has 0 N–H and O–H groups in total. The summed E-state index contributed by atoms with van der Waals surface area (Å²) in [7, 11) is 1.28. The molecule has 0 amide bonds. The lowest BCUT2D eigenvalue weighted by Gasteiger charge is -2.16. The molecule has 0 aliphatic rings. The number of hydrogen-bond donors (Lipinski definition) is 0. The van der Waals surface area contributed by atoms with Crippen molar-refractivity contribution in [2.24, 2.45) is 0 Å². The fourth-order valence-corrected chi connectivity index (χ4v) is 3.02. The molecular formula is C22H16ClF4NO5. The van der Waals surface area contributed by atoms with Gasteiger partial charge in [0, 0.05) is 12.3 Å². The van der Waals surface area contributed by atoms with E-state index >= 15 is 0 Å². The zero-order chi connectivity index (χ0) is 24.0. The standard InChI is InChI=1S/C22H16ClF4NO5/c1-30-20(29)12-2-6-15(7-3-12)31-18-9-5-14(11-28-18)19(23)13-4-8-16(32-21(24)25)17(10-13)33-22(26)27/h2-11,19,21-22H,1H3. The lowest BCUT2D eigenvalue weighted by Crippen LogP contribution is -2.08. The van der Waals surface area contributed by atoms with E-state index in [4.69, 9.17) is 16.3 Å². The van der Waals surface area contributed by atoms with Crippen LogP contribution < -0.4 is 14.2 Å². The lowest BCUT2D eigenvalue weighted by atomic mass is 10.1. The van der Waals surface area contributed by atoms with Crippen LogP contribution in [-0.4, -0.2) is 31.3 Å². The van der Waals surface area contributed by atoms with Crippen molar-refractivity contribution in [1.82, 2.24) is 4.98 Å². The number of rotatable bonds is 9. The van der Waals surface area contributed by atoms with Gasteiger partial charge in [0.05, 0.1) is 18.1 Å². The van der Waals surface area contributed by atoms with E-state index in [9.17, 15) is 22.4 Å². The Labute approximate surface area is 190 Å². The van der Waals surface area contributed by atoms with Crippen molar-refractivity contribution in [1.29, 1.82) is 0 Å². The summed E-state index contributed by atoms with van der Waals surface area (Å²) in [4.78, 5) is 15.6. The molecule has 174 valence electrons. The highest BCUT2D eigenvalue weighted by Gasteiger charge is 2.19. The first kappa shape index (κ1) is 24.1. The first-order valence-electron chi connectivity index (χ1n) is 9.26. The molecule has 3 rings (SSSR count). The summed E-state index contributed by atoms with van der Waals surface area (Å²) in [5.74, 6) is -0.938. The van der Waals surface area contributed by atoms with Crippen LogP contribution in [0.1, 0.15) is 26.9 Å². The van der Waals surface area contributed by atoms with Crippen molar-refractivity contribution in [3.8, 4) is 23.1 Å². The molecule has 0 radical (unpaired) electrons. The Morgan fingerprint density at radius 1 is 0.879 bits per heavy atom. The van der Waals surface area contributed by atoms with Crippen molar-refractivity contribution >= 4 is 17.6 Å². The first-order valence-corrected chi connectivity index (χ1v) is 9.70. The topological polar surface area (TPSA) is 66.9 Å². The summed E-state index contributed by atoms with van der Waals surface area (Å²) in [5, 5.41) is -0.855. The summed E-state index contributed by atoms with van der Waals surface area (Å²) in [6.07, 6.45) is 1.41. The number of benzene rings is 2. The number of carbonyl (C=O) groups is 1. The van der Waals surface area contributed by atoms with Gasteiger partial charge in [-0.2, -0.15) is 17.6 Å². The number of halogens is 5. The minimum absolute atomic E-state index is 0.232. The highest BCUT2D eigenvalue weighted by Crippen LogP contribution is 2.37. The number of pyridine rings is 1. The van der Waals surface area contributed by atoms with Gasteiger partial charge in [-0.05, 0) is 47.5 Å². The molecule has 0 saturated carbocycles. The Morgan fingerprint density at radius 3 is 2.09 bits per heavy atom. The van der Waals surface area contributed by atoms with Gasteiger partial charge in [0.15, 0.2) is 11.5 Å². The Morgan fingerprint density at radius 2 is 1.52 bits per heavy atom. The van der Waals surface area contributed by atoms with Crippen molar-refractivity contribution < 1.29 is 41.3 Å².